The first kappa shape index (κ1) is 27.5. The molecule has 33 heavy (non-hydrogen) atoms. The Bertz CT molecular complexity index is 783. The van der Waals surface area contributed by atoms with Gasteiger partial charge in [-0.1, -0.05) is 18.3 Å². The molecule has 1 fully saturated rings. The summed E-state index contributed by atoms with van der Waals surface area (Å²) in [6.45, 7) is 0.590. The molecule has 1 aliphatic carbocycles. The third kappa shape index (κ3) is 8.85. The molecule has 2 rings (SSSR count). The molecule has 15 heteroatoms. The highest BCUT2D eigenvalue weighted by atomic mass is 32.2. The minimum atomic E-state index is -5.63. The van der Waals surface area contributed by atoms with E-state index in [1.165, 1.54) is 11.1 Å². The average Bonchev–Trinajstić information content (AvgIpc) is 3.12. The Kier molecular flexibility index (Phi) is 9.67. The molecule has 1 aromatic heterocycles. The van der Waals surface area contributed by atoms with Crippen LogP contribution in [0.15, 0.2) is 10.4 Å². The first-order chi connectivity index (χ1) is 15.3. The van der Waals surface area contributed by atoms with Gasteiger partial charge >= 0.3 is 24.4 Å². The molecule has 1 saturated carbocycles. The number of halogens is 6. The summed E-state index contributed by atoms with van der Waals surface area (Å²) < 4.78 is 80.9. The Balaban J connectivity index is 2.05. The molecule has 1 heterocycles. The van der Waals surface area contributed by atoms with Crippen molar-refractivity contribution in [1.82, 2.24) is 9.88 Å². The number of amides is 2. The highest BCUT2D eigenvalue weighted by molar-refractivity contribution is 8.01. The molecule has 0 saturated heterocycles. The van der Waals surface area contributed by atoms with E-state index in [0.717, 1.165) is 35.9 Å². The second-order valence-corrected chi connectivity index (χ2v) is 9.84. The molecule has 1 aliphatic rings. The van der Waals surface area contributed by atoms with Crippen LogP contribution < -0.4 is 5.32 Å². The maximum Gasteiger partial charge on any atom is 0.423 e. The molecule has 2 N–H and O–H groups in total. The zero-order valence-corrected chi connectivity index (χ0v) is 19.0. The molecule has 2 amide bonds. The molecule has 0 atom stereocenters. The first-order valence-corrected chi connectivity index (χ1v) is 11.7. The van der Waals surface area contributed by atoms with Crippen LogP contribution in [0.5, 0.6) is 0 Å². The quantitative estimate of drug-likeness (QED) is 0.340. The van der Waals surface area contributed by atoms with Gasteiger partial charge in [0, 0.05) is 12.6 Å². The number of carboxylic acids is 1. The van der Waals surface area contributed by atoms with Crippen LogP contribution >= 0.6 is 23.1 Å². The zero-order valence-electron chi connectivity index (χ0n) is 17.4. The van der Waals surface area contributed by atoms with Crippen LogP contribution in [0, 0.1) is 5.92 Å². The van der Waals surface area contributed by atoms with Gasteiger partial charge < -0.3 is 14.7 Å². The Morgan fingerprint density at radius 2 is 1.85 bits per heavy atom. The van der Waals surface area contributed by atoms with E-state index in [4.69, 9.17) is 5.11 Å². The maximum atomic E-state index is 12.8. The van der Waals surface area contributed by atoms with Gasteiger partial charge in [0.1, 0.15) is 0 Å². The SMILES string of the molecule is CC1CCC(N(CCOC(C(F)(F)F)C(F)(F)F)C(=O)Nc2ncc(SCC(=O)O)s2)CC1. The smallest absolute Gasteiger partial charge is 0.423 e. The third-order valence-corrected chi connectivity index (χ3v) is 7.03. The fourth-order valence-electron chi connectivity index (χ4n) is 3.33. The zero-order chi connectivity index (χ0) is 24.8. The van der Waals surface area contributed by atoms with Crippen molar-refractivity contribution in [1.29, 1.82) is 0 Å². The second kappa shape index (κ2) is 11.6. The van der Waals surface area contributed by atoms with Crippen LogP contribution in [0.1, 0.15) is 32.6 Å². The summed E-state index contributed by atoms with van der Waals surface area (Å²) in [5.41, 5.74) is 0. The number of carbonyl (C=O) groups is 2. The van der Waals surface area contributed by atoms with Crippen LogP contribution in [-0.2, 0) is 9.53 Å². The number of carbonyl (C=O) groups excluding carboxylic acids is 1. The summed E-state index contributed by atoms with van der Waals surface area (Å²) in [5, 5.41) is 11.3. The van der Waals surface area contributed by atoms with Crippen molar-refractivity contribution >= 4 is 40.2 Å². The molecule has 0 aromatic carbocycles. The van der Waals surface area contributed by atoms with Gasteiger partial charge in [0.15, 0.2) is 5.13 Å². The highest BCUT2D eigenvalue weighted by Gasteiger charge is 2.58. The topological polar surface area (TPSA) is 91.8 Å². The van der Waals surface area contributed by atoms with E-state index < -0.39 is 43.6 Å². The maximum absolute atomic E-state index is 12.8. The molecule has 0 radical (unpaired) electrons. The lowest BCUT2D eigenvalue weighted by Crippen LogP contribution is -2.49. The van der Waals surface area contributed by atoms with Gasteiger partial charge in [0.2, 0.25) is 6.10 Å². The molecular weight excluding hydrogens is 500 g/mol. The standard InChI is InChI=1S/C18H23F6N3O4S2/c1-10-2-4-11(5-3-10)27(6-7-31-14(17(19,20)21)18(22,23)24)16(30)26-15-25-8-13(33-15)32-9-12(28)29/h8,10-11,14H,2-7,9H2,1H3,(H,28,29)(H,25,26,30). The van der Waals surface area contributed by atoms with Crippen molar-refractivity contribution < 1.29 is 45.8 Å². The molecule has 0 spiro atoms. The summed E-state index contributed by atoms with van der Waals surface area (Å²) in [6, 6.07) is -1.10. The number of alkyl halides is 6. The Hall–Kier alpha value is -1.74. The van der Waals surface area contributed by atoms with Crippen molar-refractivity contribution in [2.45, 2.75) is 61.3 Å². The van der Waals surface area contributed by atoms with E-state index in [-0.39, 0.29) is 16.9 Å². The normalized spacial score (nSPS) is 19.5. The van der Waals surface area contributed by atoms with Gasteiger partial charge in [-0.05, 0) is 31.6 Å². The lowest BCUT2D eigenvalue weighted by molar-refractivity contribution is -0.321. The number of hydrogen-bond acceptors (Lipinski definition) is 6. The van der Waals surface area contributed by atoms with Crippen molar-refractivity contribution in [2.24, 2.45) is 5.92 Å². The lowest BCUT2D eigenvalue weighted by atomic mass is 9.86. The van der Waals surface area contributed by atoms with Crippen molar-refractivity contribution in [2.75, 3.05) is 24.2 Å². The van der Waals surface area contributed by atoms with Crippen LogP contribution in [0.3, 0.4) is 0 Å². The van der Waals surface area contributed by atoms with E-state index >= 15 is 0 Å². The van der Waals surface area contributed by atoms with E-state index in [9.17, 15) is 35.9 Å². The van der Waals surface area contributed by atoms with Crippen LogP contribution in [-0.4, -0.2) is 70.4 Å². The van der Waals surface area contributed by atoms with Gasteiger partial charge in [-0.25, -0.2) is 9.78 Å². The number of nitrogens with zero attached hydrogens (tertiary/aromatic N) is 2. The minimum Gasteiger partial charge on any atom is -0.481 e. The van der Waals surface area contributed by atoms with Crippen LogP contribution in [0.2, 0.25) is 0 Å². The van der Waals surface area contributed by atoms with E-state index in [1.807, 2.05) is 6.92 Å². The summed E-state index contributed by atoms with van der Waals surface area (Å²) in [7, 11) is 0. The molecule has 0 aliphatic heterocycles. The molecule has 188 valence electrons. The van der Waals surface area contributed by atoms with Crippen LogP contribution in [0.25, 0.3) is 0 Å². The number of ether oxygens (including phenoxy) is 1. The molecule has 1 aromatic rings. The summed E-state index contributed by atoms with van der Waals surface area (Å²) in [6.07, 6.45) is -11.2. The van der Waals surface area contributed by atoms with E-state index in [2.05, 4.69) is 15.0 Å². The lowest BCUT2D eigenvalue weighted by Gasteiger charge is -2.36. The minimum absolute atomic E-state index is 0.131. The average molecular weight is 524 g/mol. The number of rotatable bonds is 9. The largest absolute Gasteiger partial charge is 0.481 e. The number of nitrogens with one attached hydrogen (secondary N) is 1. The molecule has 0 bridgehead atoms. The predicted octanol–water partition coefficient (Wildman–Crippen LogP) is 5.24. The van der Waals surface area contributed by atoms with E-state index in [0.29, 0.717) is 23.0 Å². The summed E-state index contributed by atoms with van der Waals surface area (Å²) in [5.74, 6) is -0.846. The second-order valence-electron chi connectivity index (χ2n) is 7.54. The number of thioether (sulfide) groups is 1. The molecular formula is C18H23F6N3O4S2. The Morgan fingerprint density at radius 3 is 2.39 bits per heavy atom. The van der Waals surface area contributed by atoms with Crippen molar-refractivity contribution in [3.8, 4) is 0 Å². The van der Waals surface area contributed by atoms with Gasteiger partial charge in [0.25, 0.3) is 0 Å². The number of urea groups is 1. The summed E-state index contributed by atoms with van der Waals surface area (Å²) >= 11 is 2.00. The van der Waals surface area contributed by atoms with Crippen molar-refractivity contribution in [3.05, 3.63) is 6.20 Å². The monoisotopic (exact) mass is 523 g/mol. The van der Waals surface area contributed by atoms with Gasteiger partial charge in [-0.3, -0.25) is 10.1 Å². The first-order valence-electron chi connectivity index (χ1n) is 9.90. The summed E-state index contributed by atoms with van der Waals surface area (Å²) in [4.78, 5) is 28.6. The van der Waals surface area contributed by atoms with E-state index in [1.54, 1.807) is 0 Å². The van der Waals surface area contributed by atoms with Gasteiger partial charge in [-0.15, -0.1) is 11.8 Å². The number of carboxylic acid groups (broad SMARTS) is 1. The Labute approximate surface area is 193 Å². The molecule has 7 nitrogen and oxygen atoms in total. The fraction of sp³-hybridized carbons (Fsp3) is 0.722. The van der Waals surface area contributed by atoms with Gasteiger partial charge in [0.05, 0.1) is 22.8 Å². The fourth-order valence-corrected chi connectivity index (χ4v) is 4.91. The number of thiazole rings is 1. The van der Waals surface area contributed by atoms with Crippen molar-refractivity contribution in [3.63, 3.8) is 0 Å². The third-order valence-electron chi connectivity index (χ3n) is 4.93. The van der Waals surface area contributed by atoms with Gasteiger partial charge in [-0.2, -0.15) is 26.3 Å². The molecule has 0 unspecified atom stereocenters. The predicted molar refractivity (Wildman–Crippen MR) is 109 cm³/mol. The highest BCUT2D eigenvalue weighted by Crippen LogP contribution is 2.36. The Morgan fingerprint density at radius 1 is 1.24 bits per heavy atom. The number of hydrogen-bond donors (Lipinski definition) is 2. The van der Waals surface area contributed by atoms with Crippen LogP contribution in [0.4, 0.5) is 36.3 Å². The number of aliphatic carboxylic acids is 1. The number of aromatic nitrogens is 1. The number of anilines is 1.